The molecule has 44 heavy (non-hydrogen) atoms. The Morgan fingerprint density at radius 3 is 2.36 bits per heavy atom. The van der Waals surface area contributed by atoms with E-state index in [-0.39, 0.29) is 18.7 Å². The zero-order chi connectivity index (χ0) is 32.4. The first kappa shape index (κ1) is 34.2. The fourth-order valence-corrected chi connectivity index (χ4v) is 4.99. The monoisotopic (exact) mass is 619 g/mol. The van der Waals surface area contributed by atoms with Crippen LogP contribution in [0.5, 0.6) is 5.75 Å². The lowest BCUT2D eigenvalue weighted by Crippen LogP contribution is -2.53. The molecule has 2 atom stereocenters. The number of aryl methyl sites for hydroxylation is 1. The van der Waals surface area contributed by atoms with Crippen LogP contribution >= 0.6 is 11.6 Å². The van der Waals surface area contributed by atoms with Gasteiger partial charge in [-0.25, -0.2) is 4.79 Å². The van der Waals surface area contributed by atoms with Crippen molar-refractivity contribution in [2.45, 2.75) is 71.6 Å². The van der Waals surface area contributed by atoms with Crippen molar-refractivity contribution in [3.63, 3.8) is 0 Å². The molecule has 0 aliphatic rings. The van der Waals surface area contributed by atoms with Gasteiger partial charge in [-0.15, -0.1) is 0 Å². The van der Waals surface area contributed by atoms with Crippen molar-refractivity contribution in [1.29, 1.82) is 0 Å². The van der Waals surface area contributed by atoms with Crippen LogP contribution in [0.4, 0.5) is 10.5 Å². The van der Waals surface area contributed by atoms with Gasteiger partial charge in [0.1, 0.15) is 23.4 Å². The molecule has 9 heteroatoms. The van der Waals surface area contributed by atoms with Crippen LogP contribution in [0.1, 0.15) is 68.8 Å². The van der Waals surface area contributed by atoms with E-state index in [9.17, 15) is 19.5 Å². The summed E-state index contributed by atoms with van der Waals surface area (Å²) >= 11 is 6.47. The summed E-state index contributed by atoms with van der Waals surface area (Å²) in [5, 5.41) is 15.9. The number of halogens is 1. The number of para-hydroxylation sites is 1. The molecule has 0 heterocycles. The van der Waals surface area contributed by atoms with Gasteiger partial charge in [0.15, 0.2) is 0 Å². The molecule has 3 rings (SSSR count). The highest BCUT2D eigenvalue weighted by molar-refractivity contribution is 6.34. The molecule has 0 saturated heterocycles. The highest BCUT2D eigenvalue weighted by atomic mass is 35.5. The molecule has 0 radical (unpaired) electrons. The first-order valence-electron chi connectivity index (χ1n) is 14.7. The van der Waals surface area contributed by atoms with Gasteiger partial charge in [-0.1, -0.05) is 80.1 Å². The number of hydrogen-bond donors (Lipinski definition) is 3. The van der Waals surface area contributed by atoms with Crippen molar-refractivity contribution < 1.29 is 24.2 Å². The quantitative estimate of drug-likeness (QED) is 0.195. The first-order chi connectivity index (χ1) is 20.8. The molecular weight excluding hydrogens is 578 g/mol. The maximum atomic E-state index is 14.6. The van der Waals surface area contributed by atoms with Gasteiger partial charge in [0, 0.05) is 13.0 Å². The van der Waals surface area contributed by atoms with Gasteiger partial charge in [-0.05, 0) is 80.6 Å². The lowest BCUT2D eigenvalue weighted by atomic mass is 9.98. The largest absolute Gasteiger partial charge is 0.508 e. The minimum atomic E-state index is -1.08. The summed E-state index contributed by atoms with van der Waals surface area (Å²) in [7, 11) is 0. The van der Waals surface area contributed by atoms with Crippen LogP contribution in [-0.2, 0) is 20.7 Å². The lowest BCUT2D eigenvalue weighted by molar-refractivity contribution is -0.140. The normalized spacial score (nSPS) is 12.5. The lowest BCUT2D eigenvalue weighted by Gasteiger charge is -2.35. The molecule has 3 aromatic carbocycles. The van der Waals surface area contributed by atoms with Crippen molar-refractivity contribution >= 4 is 41.3 Å². The van der Waals surface area contributed by atoms with E-state index in [0.29, 0.717) is 28.3 Å². The molecule has 3 N–H and O–H groups in total. The Morgan fingerprint density at radius 2 is 1.75 bits per heavy atom. The van der Waals surface area contributed by atoms with Crippen LogP contribution in [0.3, 0.4) is 0 Å². The number of carbonyl (C=O) groups excluding carboxylic acids is 3. The van der Waals surface area contributed by atoms with Crippen molar-refractivity contribution in [1.82, 2.24) is 10.2 Å². The zero-order valence-corrected chi connectivity index (χ0v) is 26.8. The Hall–Kier alpha value is -4.30. The van der Waals surface area contributed by atoms with Crippen molar-refractivity contribution in [2.24, 2.45) is 0 Å². The number of nitrogens with zero attached hydrogens (tertiary/aromatic N) is 1. The molecule has 0 aliphatic carbocycles. The van der Waals surface area contributed by atoms with Crippen LogP contribution < -0.4 is 10.6 Å². The minimum Gasteiger partial charge on any atom is -0.508 e. The average molecular weight is 620 g/mol. The number of rotatable bonds is 12. The van der Waals surface area contributed by atoms with Crippen LogP contribution in [-0.4, -0.2) is 46.1 Å². The van der Waals surface area contributed by atoms with E-state index in [4.69, 9.17) is 16.3 Å². The Morgan fingerprint density at radius 1 is 1.07 bits per heavy atom. The van der Waals surface area contributed by atoms with Gasteiger partial charge < -0.3 is 25.4 Å². The predicted molar refractivity (Wildman–Crippen MR) is 176 cm³/mol. The number of carbonyl (C=O) groups is 3. The van der Waals surface area contributed by atoms with Gasteiger partial charge in [-0.2, -0.15) is 0 Å². The standard InChI is InChI=1S/C35H42ClN3O5/c1-7-9-20-39(33(42)29(37-34(43)44-35(4,5)6)22-25-16-18-27(40)19-17-25)31(26-14-11-13-24(8-2)21-26)32(41)38-30-23(3)12-10-15-28(30)36/h8,10-19,21,29,31,40H,2,7,9,20,22H2,1,3-6H3,(H,37,43)(H,38,41). The molecule has 0 spiro atoms. The summed E-state index contributed by atoms with van der Waals surface area (Å²) in [6, 6.07) is 16.9. The number of anilines is 1. The van der Waals surface area contributed by atoms with Gasteiger partial charge in [0.2, 0.25) is 5.91 Å². The number of alkyl carbamates (subject to hydrolysis) is 1. The van der Waals surface area contributed by atoms with Gasteiger partial charge in [0.05, 0.1) is 10.7 Å². The maximum absolute atomic E-state index is 14.6. The van der Waals surface area contributed by atoms with E-state index in [1.807, 2.05) is 38.1 Å². The van der Waals surface area contributed by atoms with Gasteiger partial charge >= 0.3 is 6.09 Å². The first-order valence-corrected chi connectivity index (χ1v) is 15.1. The number of ether oxygens (including phenoxy) is 1. The average Bonchev–Trinajstić information content (AvgIpc) is 2.96. The highest BCUT2D eigenvalue weighted by Crippen LogP contribution is 2.30. The summed E-state index contributed by atoms with van der Waals surface area (Å²) in [5.41, 5.74) is 2.50. The second-order valence-corrected chi connectivity index (χ2v) is 12.1. The van der Waals surface area contributed by atoms with Crippen molar-refractivity contribution in [3.05, 3.63) is 101 Å². The van der Waals surface area contributed by atoms with E-state index in [1.54, 1.807) is 57.2 Å². The van der Waals surface area contributed by atoms with E-state index in [2.05, 4.69) is 17.2 Å². The van der Waals surface area contributed by atoms with Crippen LogP contribution in [0.15, 0.2) is 73.3 Å². The summed E-state index contributed by atoms with van der Waals surface area (Å²) < 4.78 is 5.50. The van der Waals surface area contributed by atoms with Crippen LogP contribution in [0.25, 0.3) is 6.08 Å². The molecule has 0 bridgehead atoms. The smallest absolute Gasteiger partial charge is 0.408 e. The van der Waals surface area contributed by atoms with E-state index >= 15 is 0 Å². The molecular formula is C35H42ClN3O5. The molecule has 0 aliphatic heterocycles. The summed E-state index contributed by atoms with van der Waals surface area (Å²) in [4.78, 5) is 43.3. The molecule has 0 aromatic heterocycles. The topological polar surface area (TPSA) is 108 Å². The van der Waals surface area contributed by atoms with Crippen LogP contribution in [0, 0.1) is 6.92 Å². The number of benzene rings is 3. The van der Waals surface area contributed by atoms with Gasteiger partial charge in [0.25, 0.3) is 5.91 Å². The Bertz CT molecular complexity index is 1450. The molecule has 3 amide bonds. The van der Waals surface area contributed by atoms with Crippen LogP contribution in [0.2, 0.25) is 5.02 Å². The predicted octanol–water partition coefficient (Wildman–Crippen LogP) is 7.44. The third-order valence-corrected chi connectivity index (χ3v) is 7.21. The number of aromatic hydroxyl groups is 1. The van der Waals surface area contributed by atoms with E-state index < -0.39 is 35.6 Å². The second-order valence-electron chi connectivity index (χ2n) is 11.7. The fourth-order valence-electron chi connectivity index (χ4n) is 4.72. The number of phenolic OH excluding ortho intramolecular Hbond substituents is 1. The van der Waals surface area contributed by atoms with E-state index in [0.717, 1.165) is 17.5 Å². The molecule has 2 unspecified atom stereocenters. The third kappa shape index (κ3) is 9.61. The second kappa shape index (κ2) is 15.4. The molecule has 0 saturated carbocycles. The fraction of sp³-hybridized carbons (Fsp3) is 0.343. The molecule has 234 valence electrons. The summed E-state index contributed by atoms with van der Waals surface area (Å²) in [6.45, 7) is 13.2. The Labute approximate surface area is 265 Å². The Kier molecular flexibility index (Phi) is 12.0. The van der Waals surface area contributed by atoms with Gasteiger partial charge in [-0.3, -0.25) is 9.59 Å². The third-order valence-electron chi connectivity index (χ3n) is 6.89. The molecule has 3 aromatic rings. The van der Waals surface area contributed by atoms with E-state index in [1.165, 1.54) is 17.0 Å². The maximum Gasteiger partial charge on any atom is 0.408 e. The summed E-state index contributed by atoms with van der Waals surface area (Å²) in [5.74, 6) is -0.833. The number of nitrogens with one attached hydrogen (secondary N) is 2. The number of phenols is 1. The number of hydrogen-bond acceptors (Lipinski definition) is 5. The number of amides is 3. The number of unbranched alkanes of at least 4 members (excludes halogenated alkanes) is 1. The molecule has 8 nitrogen and oxygen atoms in total. The highest BCUT2D eigenvalue weighted by Gasteiger charge is 2.36. The Balaban J connectivity index is 2.12. The molecule has 0 fully saturated rings. The summed E-state index contributed by atoms with van der Waals surface area (Å²) in [6.07, 6.45) is 2.39. The minimum absolute atomic E-state index is 0.0787. The SMILES string of the molecule is C=Cc1cccc(C(C(=O)Nc2c(C)cccc2Cl)N(CCCC)C(=O)C(Cc2ccc(O)cc2)NC(=O)OC(C)(C)C)c1. The van der Waals surface area contributed by atoms with Crippen molar-refractivity contribution in [2.75, 3.05) is 11.9 Å². The van der Waals surface area contributed by atoms with Crippen molar-refractivity contribution in [3.8, 4) is 5.75 Å². The zero-order valence-electron chi connectivity index (χ0n) is 26.0.